The Morgan fingerprint density at radius 2 is 2.03 bits per heavy atom. The number of ether oxygens (including phenoxy) is 1. The van der Waals surface area contributed by atoms with Crippen LogP contribution in [-0.4, -0.2) is 33.5 Å². The predicted molar refractivity (Wildman–Crippen MR) is 121 cm³/mol. The molecule has 1 aromatic heterocycles. The third-order valence-electron chi connectivity index (χ3n) is 4.97. The van der Waals surface area contributed by atoms with E-state index in [1.54, 1.807) is 23.9 Å². The van der Waals surface area contributed by atoms with E-state index >= 15 is 0 Å². The second-order valence-electron chi connectivity index (χ2n) is 7.77. The predicted octanol–water partition coefficient (Wildman–Crippen LogP) is 3.54. The van der Waals surface area contributed by atoms with Crippen LogP contribution in [0.25, 0.3) is 10.9 Å². The van der Waals surface area contributed by atoms with Crippen LogP contribution in [0.4, 0.5) is 4.39 Å². The van der Waals surface area contributed by atoms with Crippen LogP contribution >= 0.6 is 0 Å². The number of amides is 1. The molecule has 0 atom stereocenters. The quantitative estimate of drug-likeness (QED) is 0.418. The van der Waals surface area contributed by atoms with Gasteiger partial charge in [0, 0.05) is 30.6 Å². The Morgan fingerprint density at radius 3 is 2.67 bits per heavy atom. The van der Waals surface area contributed by atoms with Crippen LogP contribution in [0.15, 0.2) is 41.5 Å². The first-order chi connectivity index (χ1) is 15.6. The van der Waals surface area contributed by atoms with Crippen LogP contribution in [0.3, 0.4) is 0 Å². The van der Waals surface area contributed by atoms with Crippen LogP contribution in [0.5, 0.6) is 5.75 Å². The van der Waals surface area contributed by atoms with E-state index in [4.69, 9.17) is 15.6 Å². The number of nitrogens with two attached hydrogens (primary N) is 1. The van der Waals surface area contributed by atoms with Crippen molar-refractivity contribution < 1.29 is 23.8 Å². The number of benzene rings is 2. The average Bonchev–Trinajstić information content (AvgIpc) is 3.07. The van der Waals surface area contributed by atoms with Gasteiger partial charge in [0.2, 0.25) is 0 Å². The molecule has 3 rings (SSSR count). The van der Waals surface area contributed by atoms with Crippen LogP contribution in [0.1, 0.15) is 47.3 Å². The summed E-state index contributed by atoms with van der Waals surface area (Å²) in [5, 5.41) is 19.0. The number of hydrogen-bond acceptors (Lipinski definition) is 4. The number of carboxylic acids is 1. The summed E-state index contributed by atoms with van der Waals surface area (Å²) in [5.41, 5.74) is 7.40. The number of carboxylic acid groups (broad SMARTS) is 1. The molecule has 0 aliphatic heterocycles. The Balaban J connectivity index is 2.02. The van der Waals surface area contributed by atoms with Gasteiger partial charge < -0.3 is 20.1 Å². The second kappa shape index (κ2) is 9.53. The molecule has 0 saturated heterocycles. The lowest BCUT2D eigenvalue weighted by atomic mass is 10.0. The van der Waals surface area contributed by atoms with Crippen molar-refractivity contribution in [3.8, 4) is 11.8 Å². The van der Waals surface area contributed by atoms with Crippen molar-refractivity contribution in [2.45, 2.75) is 32.8 Å². The van der Waals surface area contributed by atoms with Gasteiger partial charge in [-0.25, -0.2) is 4.39 Å². The highest BCUT2D eigenvalue weighted by atomic mass is 19.1. The minimum absolute atomic E-state index is 0.0507. The van der Waals surface area contributed by atoms with Gasteiger partial charge in [0.05, 0.1) is 22.7 Å². The molecule has 3 N–H and O–H groups in total. The number of fused-ring (bicyclic) bond motifs is 1. The first-order valence-electron chi connectivity index (χ1n) is 10.2. The van der Waals surface area contributed by atoms with Crippen LogP contribution in [0.2, 0.25) is 0 Å². The molecule has 0 unspecified atom stereocenters. The van der Waals surface area contributed by atoms with Crippen molar-refractivity contribution in [3.63, 3.8) is 0 Å². The van der Waals surface area contributed by atoms with E-state index < -0.39 is 17.7 Å². The number of nitrogens with zero attached hydrogens (tertiary/aromatic N) is 3. The number of carbonyl (C=O) groups excluding carboxylic acids is 1. The Hall–Kier alpha value is -4.19. The van der Waals surface area contributed by atoms with Crippen molar-refractivity contribution in [2.75, 3.05) is 0 Å². The minimum atomic E-state index is -0.942. The fourth-order valence-electron chi connectivity index (χ4n) is 3.58. The zero-order valence-corrected chi connectivity index (χ0v) is 18.4. The topological polar surface area (TPSA) is 131 Å². The van der Waals surface area contributed by atoms with E-state index in [2.05, 4.69) is 4.99 Å². The molecular weight excluding hydrogens is 427 g/mol. The van der Waals surface area contributed by atoms with Crippen LogP contribution < -0.4 is 10.5 Å². The van der Waals surface area contributed by atoms with E-state index in [0.29, 0.717) is 16.7 Å². The van der Waals surface area contributed by atoms with E-state index in [9.17, 15) is 19.2 Å². The monoisotopic (exact) mass is 450 g/mol. The van der Waals surface area contributed by atoms with Gasteiger partial charge in [-0.15, -0.1) is 0 Å². The first kappa shape index (κ1) is 23.5. The number of halogens is 1. The molecule has 170 valence electrons. The van der Waals surface area contributed by atoms with Crippen LogP contribution in [0, 0.1) is 17.1 Å². The summed E-state index contributed by atoms with van der Waals surface area (Å²) in [6, 6.07) is 9.05. The molecule has 0 fully saturated rings. The van der Waals surface area contributed by atoms with Gasteiger partial charge in [0.1, 0.15) is 23.5 Å². The van der Waals surface area contributed by atoms with E-state index in [0.717, 1.165) is 5.56 Å². The lowest BCUT2D eigenvalue weighted by Crippen LogP contribution is -2.19. The summed E-state index contributed by atoms with van der Waals surface area (Å²) in [4.78, 5) is 27.6. The van der Waals surface area contributed by atoms with Gasteiger partial charge in [0.15, 0.2) is 0 Å². The largest absolute Gasteiger partial charge is 0.490 e. The highest BCUT2D eigenvalue weighted by molar-refractivity contribution is 6.14. The molecule has 1 heterocycles. The Morgan fingerprint density at radius 1 is 1.30 bits per heavy atom. The summed E-state index contributed by atoms with van der Waals surface area (Å²) in [7, 11) is 1.68. The van der Waals surface area contributed by atoms with Gasteiger partial charge in [-0.3, -0.25) is 9.59 Å². The zero-order valence-electron chi connectivity index (χ0n) is 18.4. The number of aromatic nitrogens is 1. The molecule has 2 aromatic carbocycles. The molecule has 3 aromatic rings. The third kappa shape index (κ3) is 5.01. The van der Waals surface area contributed by atoms with Gasteiger partial charge in [-0.05, 0) is 56.2 Å². The maximum atomic E-state index is 14.8. The lowest BCUT2D eigenvalue weighted by molar-refractivity contribution is -0.136. The molecular formula is C24H23FN4O4. The molecule has 1 amide bonds. The Bertz CT molecular complexity index is 1320. The van der Waals surface area contributed by atoms with Crippen LogP contribution in [-0.2, 0) is 18.3 Å². The molecule has 0 aliphatic rings. The maximum absolute atomic E-state index is 14.8. The Labute approximate surface area is 189 Å². The molecule has 0 radical (unpaired) electrons. The van der Waals surface area contributed by atoms with Gasteiger partial charge in [-0.1, -0.05) is 0 Å². The maximum Gasteiger partial charge on any atom is 0.303 e. The summed E-state index contributed by atoms with van der Waals surface area (Å²) in [5.74, 6) is -2.33. The number of aliphatic imine (C=N–C) groups is 1. The smallest absolute Gasteiger partial charge is 0.303 e. The van der Waals surface area contributed by atoms with Crippen molar-refractivity contribution in [2.24, 2.45) is 17.8 Å². The number of rotatable bonds is 7. The molecule has 0 spiro atoms. The van der Waals surface area contributed by atoms with E-state index in [1.807, 2.05) is 19.9 Å². The third-order valence-corrected chi connectivity index (χ3v) is 4.97. The fourth-order valence-corrected chi connectivity index (χ4v) is 3.58. The van der Waals surface area contributed by atoms with Crippen molar-refractivity contribution in [3.05, 3.63) is 64.6 Å². The zero-order chi connectivity index (χ0) is 24.3. The van der Waals surface area contributed by atoms with Crippen molar-refractivity contribution >= 4 is 28.6 Å². The van der Waals surface area contributed by atoms with Crippen molar-refractivity contribution in [1.29, 1.82) is 5.26 Å². The van der Waals surface area contributed by atoms with Gasteiger partial charge >= 0.3 is 5.97 Å². The fraction of sp³-hybridized carbons (Fsp3) is 0.250. The lowest BCUT2D eigenvalue weighted by Gasteiger charge is -2.11. The highest BCUT2D eigenvalue weighted by Gasteiger charge is 2.19. The summed E-state index contributed by atoms with van der Waals surface area (Å²) in [6.07, 6.45) is 1.74. The number of aliphatic carboxylic acids is 1. The number of carbonyl (C=O) groups is 2. The molecule has 9 heteroatoms. The van der Waals surface area contributed by atoms with Gasteiger partial charge in [-0.2, -0.15) is 10.3 Å². The first-order valence-corrected chi connectivity index (χ1v) is 10.2. The normalized spacial score (nSPS) is 11.6. The SMILES string of the molecule is CC(C)Oc1ccc(C(=O)N=C(N)c2c(F)ccc3c(CCC(=O)O)cn(C)c23)cc1C#N. The summed E-state index contributed by atoms with van der Waals surface area (Å²) >= 11 is 0. The summed E-state index contributed by atoms with van der Waals surface area (Å²) in [6.45, 7) is 3.63. The molecule has 0 aliphatic carbocycles. The number of aryl methyl sites for hydroxylation is 2. The second-order valence-corrected chi connectivity index (χ2v) is 7.77. The molecule has 33 heavy (non-hydrogen) atoms. The van der Waals surface area contributed by atoms with E-state index in [1.165, 1.54) is 24.3 Å². The number of nitriles is 1. The average molecular weight is 450 g/mol. The van der Waals surface area contributed by atoms with Gasteiger partial charge in [0.25, 0.3) is 5.91 Å². The highest BCUT2D eigenvalue weighted by Crippen LogP contribution is 2.28. The number of amidine groups is 1. The van der Waals surface area contributed by atoms with Crippen molar-refractivity contribution in [1.82, 2.24) is 4.57 Å². The molecule has 8 nitrogen and oxygen atoms in total. The summed E-state index contributed by atoms with van der Waals surface area (Å²) < 4.78 is 22.0. The number of hydrogen-bond donors (Lipinski definition) is 2. The molecule has 0 bridgehead atoms. The Kier molecular flexibility index (Phi) is 6.78. The molecule has 0 saturated carbocycles. The minimum Gasteiger partial charge on any atom is -0.490 e. The standard InChI is InChI=1S/C24H23FN4O4/c1-13(2)33-19-8-4-14(10-16(19)11-26)24(32)28-23(27)21-18(25)7-6-17-15(5-9-20(30)31)12-29(3)22(17)21/h4,6-8,10,12-13H,5,9H2,1-3H3,(H,30,31)(H2,27,28,32). The van der Waals surface area contributed by atoms with E-state index in [-0.39, 0.29) is 41.5 Å².